The lowest BCUT2D eigenvalue weighted by atomic mass is 9.85. The van der Waals surface area contributed by atoms with Crippen LogP contribution in [0.25, 0.3) is 0 Å². The first-order valence-electron chi connectivity index (χ1n) is 5.39. The molecule has 2 heteroatoms. The Kier molecular flexibility index (Phi) is 3.57. The first-order chi connectivity index (χ1) is 6.86. The van der Waals surface area contributed by atoms with Crippen molar-refractivity contribution in [2.75, 3.05) is 0 Å². The zero-order valence-corrected chi connectivity index (χ0v) is 9.91. The molecule has 0 aliphatic heterocycles. The van der Waals surface area contributed by atoms with E-state index in [1.807, 2.05) is 18.5 Å². The summed E-state index contributed by atoms with van der Waals surface area (Å²) in [5.74, 6) is 0.813. The van der Waals surface area contributed by atoms with Crippen molar-refractivity contribution in [3.63, 3.8) is 0 Å². The lowest BCUT2D eigenvalue weighted by Gasteiger charge is -2.27. The van der Waals surface area contributed by atoms with Crippen molar-refractivity contribution < 1.29 is 0 Å². The van der Waals surface area contributed by atoms with E-state index in [0.717, 1.165) is 10.7 Å². The lowest BCUT2D eigenvalue weighted by Crippen LogP contribution is -2.21. The summed E-state index contributed by atoms with van der Waals surface area (Å²) in [6.45, 7) is 0. The maximum Gasteiger partial charge on any atom is 0.0299 e. The van der Waals surface area contributed by atoms with E-state index >= 15 is 0 Å². The molecule has 1 aromatic rings. The first-order valence-corrected chi connectivity index (χ1v) is 6.31. The second-order valence-corrected chi connectivity index (χ2v) is 5.30. The summed E-state index contributed by atoms with van der Waals surface area (Å²) in [7, 11) is 0. The first kappa shape index (κ1) is 10.2. The SMILES string of the molecule is BrC1CCCCC1Cc1cccnc1. The van der Waals surface area contributed by atoms with Gasteiger partial charge in [-0.25, -0.2) is 0 Å². The molecule has 76 valence electrons. The van der Waals surface area contributed by atoms with Gasteiger partial charge in [0, 0.05) is 17.2 Å². The van der Waals surface area contributed by atoms with Gasteiger partial charge in [0.2, 0.25) is 0 Å². The van der Waals surface area contributed by atoms with Crippen LogP contribution in [0.4, 0.5) is 0 Å². The van der Waals surface area contributed by atoms with Crippen LogP contribution in [0.15, 0.2) is 24.5 Å². The summed E-state index contributed by atoms with van der Waals surface area (Å²) in [6.07, 6.45) is 10.5. The molecule has 0 radical (unpaired) electrons. The molecule has 0 bridgehead atoms. The second-order valence-electron chi connectivity index (χ2n) is 4.13. The zero-order chi connectivity index (χ0) is 9.80. The van der Waals surface area contributed by atoms with Crippen LogP contribution in [0, 0.1) is 5.92 Å². The van der Waals surface area contributed by atoms with Crippen LogP contribution in [-0.4, -0.2) is 9.81 Å². The van der Waals surface area contributed by atoms with Crippen LogP contribution < -0.4 is 0 Å². The van der Waals surface area contributed by atoms with E-state index in [0.29, 0.717) is 0 Å². The highest BCUT2D eigenvalue weighted by Gasteiger charge is 2.22. The highest BCUT2D eigenvalue weighted by Crippen LogP contribution is 2.32. The van der Waals surface area contributed by atoms with Crippen LogP contribution in [-0.2, 0) is 6.42 Å². The molecule has 0 amide bonds. The van der Waals surface area contributed by atoms with Gasteiger partial charge in [0.05, 0.1) is 0 Å². The van der Waals surface area contributed by atoms with Crippen molar-refractivity contribution in [1.29, 1.82) is 0 Å². The van der Waals surface area contributed by atoms with Gasteiger partial charge in [-0.2, -0.15) is 0 Å². The number of alkyl halides is 1. The third-order valence-corrected chi connectivity index (χ3v) is 4.24. The number of nitrogens with zero attached hydrogens (tertiary/aromatic N) is 1. The van der Waals surface area contributed by atoms with Crippen LogP contribution in [0.5, 0.6) is 0 Å². The largest absolute Gasteiger partial charge is 0.264 e. The van der Waals surface area contributed by atoms with E-state index in [4.69, 9.17) is 0 Å². The van der Waals surface area contributed by atoms with E-state index in [-0.39, 0.29) is 0 Å². The standard InChI is InChI=1S/C12H16BrN/c13-12-6-2-1-5-11(12)8-10-4-3-7-14-9-10/h3-4,7,9,11-12H,1-2,5-6,8H2. The predicted molar refractivity (Wildman–Crippen MR) is 62.6 cm³/mol. The minimum Gasteiger partial charge on any atom is -0.264 e. The second kappa shape index (κ2) is 4.92. The smallest absolute Gasteiger partial charge is 0.0299 e. The molecule has 0 spiro atoms. The highest BCUT2D eigenvalue weighted by molar-refractivity contribution is 9.09. The Morgan fingerprint density at radius 3 is 2.93 bits per heavy atom. The van der Waals surface area contributed by atoms with Crippen molar-refractivity contribution in [2.24, 2.45) is 5.92 Å². The fourth-order valence-electron chi connectivity index (χ4n) is 2.21. The van der Waals surface area contributed by atoms with Crippen molar-refractivity contribution in [2.45, 2.75) is 36.9 Å². The molecule has 0 N–H and O–H groups in total. The van der Waals surface area contributed by atoms with Gasteiger partial charge in [0.25, 0.3) is 0 Å². The fourth-order valence-corrected chi connectivity index (χ4v) is 2.99. The maximum atomic E-state index is 4.16. The Bertz CT molecular complexity index is 273. The van der Waals surface area contributed by atoms with Crippen LogP contribution >= 0.6 is 15.9 Å². The molecule has 1 heterocycles. The molecule has 14 heavy (non-hydrogen) atoms. The molecule has 0 saturated heterocycles. The van der Waals surface area contributed by atoms with Crippen LogP contribution in [0.3, 0.4) is 0 Å². The average molecular weight is 254 g/mol. The Labute approximate surface area is 94.1 Å². The minimum atomic E-state index is 0.719. The molecule has 1 nitrogen and oxygen atoms in total. The van der Waals surface area contributed by atoms with Crippen molar-refractivity contribution in [1.82, 2.24) is 4.98 Å². The summed E-state index contributed by atoms with van der Waals surface area (Å²) in [5.41, 5.74) is 1.38. The van der Waals surface area contributed by atoms with Crippen LogP contribution in [0.1, 0.15) is 31.2 Å². The quantitative estimate of drug-likeness (QED) is 0.735. The Balaban J connectivity index is 1.96. The van der Waals surface area contributed by atoms with Crippen molar-refractivity contribution in [3.05, 3.63) is 30.1 Å². The van der Waals surface area contributed by atoms with E-state index in [1.54, 1.807) is 0 Å². The van der Waals surface area contributed by atoms with Crippen molar-refractivity contribution >= 4 is 15.9 Å². The van der Waals surface area contributed by atoms with Gasteiger partial charge in [-0.1, -0.05) is 34.8 Å². The molecule has 1 saturated carbocycles. The summed E-state index contributed by atoms with van der Waals surface area (Å²) >= 11 is 3.79. The Morgan fingerprint density at radius 1 is 1.36 bits per heavy atom. The number of rotatable bonds is 2. The summed E-state index contributed by atoms with van der Waals surface area (Å²) in [4.78, 5) is 4.88. The molecule has 1 aromatic heterocycles. The minimum absolute atomic E-state index is 0.719. The van der Waals surface area contributed by atoms with E-state index in [1.165, 1.54) is 37.7 Å². The van der Waals surface area contributed by atoms with E-state index in [9.17, 15) is 0 Å². The monoisotopic (exact) mass is 253 g/mol. The summed E-state index contributed by atoms with van der Waals surface area (Å²) < 4.78 is 0. The normalized spacial score (nSPS) is 27.5. The van der Waals surface area contributed by atoms with Gasteiger partial charge >= 0.3 is 0 Å². The number of hydrogen-bond acceptors (Lipinski definition) is 1. The molecule has 2 rings (SSSR count). The number of hydrogen-bond donors (Lipinski definition) is 0. The predicted octanol–water partition coefficient (Wildman–Crippen LogP) is 3.58. The third kappa shape index (κ3) is 2.57. The average Bonchev–Trinajstić information content (AvgIpc) is 2.23. The van der Waals surface area contributed by atoms with Crippen LogP contribution in [0.2, 0.25) is 0 Å². The van der Waals surface area contributed by atoms with Gasteiger partial charge in [0.1, 0.15) is 0 Å². The number of halogens is 1. The topological polar surface area (TPSA) is 12.9 Å². The molecule has 1 aliphatic carbocycles. The van der Waals surface area contributed by atoms with E-state index in [2.05, 4.69) is 27.0 Å². The van der Waals surface area contributed by atoms with Gasteiger partial charge in [-0.3, -0.25) is 4.98 Å². The molecule has 1 aliphatic rings. The fraction of sp³-hybridized carbons (Fsp3) is 0.583. The molecule has 0 aromatic carbocycles. The zero-order valence-electron chi connectivity index (χ0n) is 8.32. The van der Waals surface area contributed by atoms with E-state index < -0.39 is 0 Å². The molecule has 2 unspecified atom stereocenters. The summed E-state index contributed by atoms with van der Waals surface area (Å²) in [5, 5.41) is 0. The number of pyridine rings is 1. The summed E-state index contributed by atoms with van der Waals surface area (Å²) in [6, 6.07) is 4.21. The number of aromatic nitrogens is 1. The molecular formula is C12H16BrN. The van der Waals surface area contributed by atoms with Gasteiger partial charge < -0.3 is 0 Å². The maximum absolute atomic E-state index is 4.16. The highest BCUT2D eigenvalue weighted by atomic mass is 79.9. The molecular weight excluding hydrogens is 238 g/mol. The lowest BCUT2D eigenvalue weighted by molar-refractivity contribution is 0.373. The molecule has 2 atom stereocenters. The van der Waals surface area contributed by atoms with Gasteiger partial charge in [-0.05, 0) is 36.8 Å². The Morgan fingerprint density at radius 2 is 2.21 bits per heavy atom. The van der Waals surface area contributed by atoms with Crippen molar-refractivity contribution in [3.8, 4) is 0 Å². The Hall–Kier alpha value is -0.370. The molecule has 1 fully saturated rings. The third-order valence-electron chi connectivity index (χ3n) is 3.04. The van der Waals surface area contributed by atoms with Gasteiger partial charge in [0.15, 0.2) is 0 Å². The van der Waals surface area contributed by atoms with Gasteiger partial charge in [-0.15, -0.1) is 0 Å².